The van der Waals surface area contributed by atoms with Gasteiger partial charge in [0.25, 0.3) is 0 Å². The van der Waals surface area contributed by atoms with Crippen LogP contribution in [0.15, 0.2) is 16.6 Å². The van der Waals surface area contributed by atoms with E-state index in [0.29, 0.717) is 17.0 Å². The smallest absolute Gasteiger partial charge is 0.139 e. The molecular weight excluding hydrogens is 287 g/mol. The molecule has 2 unspecified atom stereocenters. The van der Waals surface area contributed by atoms with Crippen molar-refractivity contribution in [1.82, 2.24) is 9.97 Å². The van der Waals surface area contributed by atoms with Crippen LogP contribution in [0.4, 0.5) is 4.39 Å². The Bertz CT molecular complexity index is 530. The van der Waals surface area contributed by atoms with Crippen LogP contribution in [0.1, 0.15) is 25.1 Å². The fourth-order valence-electron chi connectivity index (χ4n) is 2.23. The number of nitrogens with one attached hydrogen (secondary N) is 1. The van der Waals surface area contributed by atoms with Crippen molar-refractivity contribution in [3.8, 4) is 0 Å². The number of rotatable bonds is 1. The molecule has 2 atom stereocenters. The minimum atomic E-state index is -0.274. The summed E-state index contributed by atoms with van der Waals surface area (Å²) >= 11 is 3.17. The van der Waals surface area contributed by atoms with Gasteiger partial charge in [-0.15, -0.1) is 0 Å². The van der Waals surface area contributed by atoms with Crippen molar-refractivity contribution < 1.29 is 9.13 Å². The summed E-state index contributed by atoms with van der Waals surface area (Å²) in [4.78, 5) is 7.67. The van der Waals surface area contributed by atoms with Crippen LogP contribution in [-0.4, -0.2) is 22.7 Å². The van der Waals surface area contributed by atoms with Gasteiger partial charge in [-0.2, -0.15) is 0 Å². The zero-order valence-corrected chi connectivity index (χ0v) is 10.9. The largest absolute Gasteiger partial charge is 0.378 e. The number of nitrogens with zero attached hydrogens (tertiary/aromatic N) is 1. The Labute approximate surface area is 107 Å². The van der Waals surface area contributed by atoms with Gasteiger partial charge in [0, 0.05) is 12.0 Å². The van der Waals surface area contributed by atoms with Gasteiger partial charge in [0.2, 0.25) is 0 Å². The number of ether oxygens (including phenoxy) is 1. The van der Waals surface area contributed by atoms with E-state index >= 15 is 0 Å². The van der Waals surface area contributed by atoms with E-state index in [1.807, 2.05) is 0 Å². The third-order valence-electron chi connectivity index (χ3n) is 3.13. The monoisotopic (exact) mass is 298 g/mol. The minimum Gasteiger partial charge on any atom is -0.378 e. The number of aromatic nitrogens is 2. The van der Waals surface area contributed by atoms with Gasteiger partial charge in [-0.05, 0) is 35.3 Å². The fourth-order valence-corrected chi connectivity index (χ4v) is 2.56. The number of hydrogen-bond donors (Lipinski definition) is 1. The molecule has 1 N–H and O–H groups in total. The summed E-state index contributed by atoms with van der Waals surface area (Å²) in [6.07, 6.45) is 1.24. The summed E-state index contributed by atoms with van der Waals surface area (Å²) in [7, 11) is 0. The molecule has 1 saturated heterocycles. The van der Waals surface area contributed by atoms with Gasteiger partial charge in [-0.25, -0.2) is 9.37 Å². The molecule has 17 heavy (non-hydrogen) atoms. The molecule has 3 rings (SSSR count). The third kappa shape index (κ3) is 1.98. The maximum absolute atomic E-state index is 13.4. The summed E-state index contributed by atoms with van der Waals surface area (Å²) in [6, 6.07) is 3.17. The van der Waals surface area contributed by atoms with Crippen molar-refractivity contribution in [3.63, 3.8) is 0 Å². The predicted octanol–water partition coefficient (Wildman–Crippen LogP) is 3.36. The Kier molecular flexibility index (Phi) is 2.67. The summed E-state index contributed by atoms with van der Waals surface area (Å²) in [6.45, 7) is 2.74. The second kappa shape index (κ2) is 4.07. The van der Waals surface area contributed by atoms with Gasteiger partial charge < -0.3 is 9.72 Å². The number of H-pyrrole nitrogens is 1. The second-order valence-electron chi connectivity index (χ2n) is 4.48. The van der Waals surface area contributed by atoms with Gasteiger partial charge in [0.15, 0.2) is 0 Å². The van der Waals surface area contributed by atoms with E-state index in [4.69, 9.17) is 4.74 Å². The lowest BCUT2D eigenvalue weighted by molar-refractivity contribution is 0.123. The highest BCUT2D eigenvalue weighted by Crippen LogP contribution is 2.30. The predicted molar refractivity (Wildman–Crippen MR) is 66.5 cm³/mol. The Balaban J connectivity index is 2.02. The first-order chi connectivity index (χ1) is 8.13. The molecule has 1 aliphatic rings. The maximum Gasteiger partial charge on any atom is 0.139 e. The molecule has 0 radical (unpaired) electrons. The van der Waals surface area contributed by atoms with Crippen LogP contribution in [0.3, 0.4) is 0 Å². The zero-order chi connectivity index (χ0) is 12.0. The summed E-state index contributed by atoms with van der Waals surface area (Å²) in [5.41, 5.74) is 1.52. The van der Waals surface area contributed by atoms with Crippen LogP contribution in [0.25, 0.3) is 11.0 Å². The number of halogens is 2. The van der Waals surface area contributed by atoms with Gasteiger partial charge in [-0.1, -0.05) is 0 Å². The molecule has 90 valence electrons. The lowest BCUT2D eigenvalue weighted by Crippen LogP contribution is -1.99. The van der Waals surface area contributed by atoms with E-state index < -0.39 is 0 Å². The molecule has 1 aromatic heterocycles. The lowest BCUT2D eigenvalue weighted by Gasteiger charge is -2.01. The first-order valence-electron chi connectivity index (χ1n) is 5.60. The summed E-state index contributed by atoms with van der Waals surface area (Å²) in [5.74, 6) is 0.907. The van der Waals surface area contributed by atoms with E-state index in [0.717, 1.165) is 23.3 Å². The molecule has 3 nitrogen and oxygen atoms in total. The fraction of sp³-hybridized carbons (Fsp3) is 0.417. The van der Waals surface area contributed by atoms with E-state index in [1.165, 1.54) is 6.07 Å². The first kappa shape index (κ1) is 11.2. The Morgan fingerprint density at radius 2 is 2.35 bits per heavy atom. The molecule has 5 heteroatoms. The maximum atomic E-state index is 13.4. The van der Waals surface area contributed by atoms with Crippen molar-refractivity contribution in [2.45, 2.75) is 25.4 Å². The first-order valence-corrected chi connectivity index (χ1v) is 6.39. The van der Waals surface area contributed by atoms with Crippen LogP contribution in [0.5, 0.6) is 0 Å². The highest BCUT2D eigenvalue weighted by Gasteiger charge is 2.26. The molecule has 1 aliphatic heterocycles. The van der Waals surface area contributed by atoms with Crippen molar-refractivity contribution in [2.75, 3.05) is 6.61 Å². The van der Waals surface area contributed by atoms with E-state index in [9.17, 15) is 4.39 Å². The molecule has 0 aliphatic carbocycles. The van der Waals surface area contributed by atoms with Gasteiger partial charge in [0.1, 0.15) is 11.6 Å². The average molecular weight is 299 g/mol. The quantitative estimate of drug-likeness (QED) is 0.877. The number of aromatic amines is 1. The van der Waals surface area contributed by atoms with Crippen LogP contribution in [0.2, 0.25) is 0 Å². The third-order valence-corrected chi connectivity index (χ3v) is 3.74. The summed E-state index contributed by atoms with van der Waals surface area (Å²) < 4.78 is 19.3. The molecule has 0 saturated carbocycles. The van der Waals surface area contributed by atoms with Crippen LogP contribution < -0.4 is 0 Å². The molecule has 1 aromatic carbocycles. The molecule has 1 fully saturated rings. The molecule has 0 amide bonds. The van der Waals surface area contributed by atoms with Gasteiger partial charge in [0.05, 0.1) is 28.2 Å². The van der Waals surface area contributed by atoms with Crippen LogP contribution in [-0.2, 0) is 4.74 Å². The van der Waals surface area contributed by atoms with E-state index in [2.05, 4.69) is 32.8 Å². The Hall–Kier alpha value is -0.940. The van der Waals surface area contributed by atoms with Gasteiger partial charge >= 0.3 is 0 Å². The van der Waals surface area contributed by atoms with E-state index in [1.54, 1.807) is 6.07 Å². The van der Waals surface area contributed by atoms with Gasteiger partial charge in [-0.3, -0.25) is 0 Å². The highest BCUT2D eigenvalue weighted by atomic mass is 79.9. The van der Waals surface area contributed by atoms with Crippen LogP contribution in [0, 0.1) is 5.82 Å². The number of hydrogen-bond acceptors (Lipinski definition) is 2. The number of benzene rings is 1. The lowest BCUT2D eigenvalue weighted by atomic mass is 10.1. The van der Waals surface area contributed by atoms with Crippen molar-refractivity contribution in [1.29, 1.82) is 0 Å². The Morgan fingerprint density at radius 1 is 1.53 bits per heavy atom. The van der Waals surface area contributed by atoms with Crippen molar-refractivity contribution >= 4 is 27.0 Å². The Morgan fingerprint density at radius 3 is 3.06 bits per heavy atom. The van der Waals surface area contributed by atoms with Crippen molar-refractivity contribution in [3.05, 3.63) is 28.2 Å². The number of fused-ring (bicyclic) bond motifs is 1. The molecule has 0 bridgehead atoms. The zero-order valence-electron chi connectivity index (χ0n) is 9.34. The minimum absolute atomic E-state index is 0.274. The SMILES string of the molecule is CC1CC(c2nc3cc(Br)c(F)cc3[nH]2)CO1. The molecule has 2 aromatic rings. The van der Waals surface area contributed by atoms with Crippen molar-refractivity contribution in [2.24, 2.45) is 0 Å². The highest BCUT2D eigenvalue weighted by molar-refractivity contribution is 9.10. The standard InChI is InChI=1S/C12H12BrFN2O/c1-6-2-7(5-17-6)12-15-10-3-8(13)9(14)4-11(10)16-12/h3-4,6-7H,2,5H2,1H3,(H,15,16). The molecular formula is C12H12BrFN2O. The number of imidazole rings is 1. The normalized spacial score (nSPS) is 24.6. The second-order valence-corrected chi connectivity index (χ2v) is 5.34. The summed E-state index contributed by atoms with van der Waals surface area (Å²) in [5, 5.41) is 0. The molecule has 2 heterocycles. The van der Waals surface area contributed by atoms with E-state index in [-0.39, 0.29) is 11.9 Å². The van der Waals surface area contributed by atoms with Crippen LogP contribution >= 0.6 is 15.9 Å². The average Bonchev–Trinajstić information content (AvgIpc) is 2.85. The molecule has 0 spiro atoms. The topological polar surface area (TPSA) is 37.9 Å².